The average Bonchev–Trinajstić information content (AvgIpc) is 3.43. The van der Waals surface area contributed by atoms with Gasteiger partial charge in [-0.05, 0) is 69.3 Å². The maximum absolute atomic E-state index is 13.9. The Morgan fingerprint density at radius 1 is 1.12 bits per heavy atom. The van der Waals surface area contributed by atoms with Crippen molar-refractivity contribution >= 4 is 11.9 Å². The summed E-state index contributed by atoms with van der Waals surface area (Å²) >= 11 is 0. The van der Waals surface area contributed by atoms with Crippen molar-refractivity contribution in [3.05, 3.63) is 65.5 Å². The minimum atomic E-state index is -1.10. The van der Waals surface area contributed by atoms with Gasteiger partial charge in [0.05, 0.1) is 18.3 Å². The number of imide groups is 1. The van der Waals surface area contributed by atoms with Crippen molar-refractivity contribution in [2.75, 3.05) is 26.2 Å². The zero-order valence-electron chi connectivity index (χ0n) is 19.2. The molecule has 0 radical (unpaired) electrons. The normalized spacial score (nSPS) is 26.7. The summed E-state index contributed by atoms with van der Waals surface area (Å²) in [5.41, 5.74) is 2.10. The van der Waals surface area contributed by atoms with Gasteiger partial charge in [0.15, 0.2) is 5.54 Å². The molecule has 0 unspecified atom stereocenters. The highest BCUT2D eigenvalue weighted by Gasteiger charge is 2.58. The molecule has 5 rings (SSSR count). The molecule has 33 heavy (non-hydrogen) atoms. The lowest BCUT2D eigenvalue weighted by atomic mass is 9.75. The van der Waals surface area contributed by atoms with Gasteiger partial charge in [0.25, 0.3) is 5.91 Å². The number of nitrogens with zero attached hydrogens (tertiary/aromatic N) is 3. The van der Waals surface area contributed by atoms with E-state index in [-0.39, 0.29) is 24.0 Å². The summed E-state index contributed by atoms with van der Waals surface area (Å²) in [6.45, 7) is 5.77. The number of nitrogens with one attached hydrogen (secondary N) is 1. The first-order valence-corrected chi connectivity index (χ1v) is 12.0. The van der Waals surface area contributed by atoms with Gasteiger partial charge in [0.1, 0.15) is 0 Å². The summed E-state index contributed by atoms with van der Waals surface area (Å²) in [6, 6.07) is 13.9. The molecule has 1 N–H and O–H groups in total. The summed E-state index contributed by atoms with van der Waals surface area (Å²) in [7, 11) is 0. The van der Waals surface area contributed by atoms with Crippen LogP contribution in [-0.4, -0.2) is 59.1 Å². The molecule has 0 aliphatic carbocycles. The van der Waals surface area contributed by atoms with Gasteiger partial charge < -0.3 is 10.1 Å². The van der Waals surface area contributed by atoms with Gasteiger partial charge >= 0.3 is 6.03 Å². The molecule has 174 valence electrons. The molecule has 7 nitrogen and oxygen atoms in total. The van der Waals surface area contributed by atoms with Crippen LogP contribution in [0.5, 0.6) is 0 Å². The van der Waals surface area contributed by atoms with Crippen LogP contribution in [0.25, 0.3) is 0 Å². The Hall–Kier alpha value is -2.77. The predicted octanol–water partition coefficient (Wildman–Crippen LogP) is 3.23. The molecule has 0 saturated carbocycles. The van der Waals surface area contributed by atoms with Crippen LogP contribution >= 0.6 is 0 Å². The summed E-state index contributed by atoms with van der Waals surface area (Å²) in [5, 5.41) is 3.10. The van der Waals surface area contributed by atoms with Crippen molar-refractivity contribution in [3.63, 3.8) is 0 Å². The number of piperidine rings is 1. The fourth-order valence-corrected chi connectivity index (χ4v) is 5.60. The largest absolute Gasteiger partial charge is 0.376 e. The quantitative estimate of drug-likeness (QED) is 0.687. The molecule has 3 aliphatic heterocycles. The van der Waals surface area contributed by atoms with Crippen molar-refractivity contribution in [1.29, 1.82) is 0 Å². The van der Waals surface area contributed by atoms with Gasteiger partial charge in [-0.3, -0.25) is 19.6 Å². The Morgan fingerprint density at radius 2 is 1.97 bits per heavy atom. The zero-order valence-corrected chi connectivity index (χ0v) is 19.2. The molecule has 3 aliphatic rings. The minimum absolute atomic E-state index is 0.00731. The molecule has 3 saturated heterocycles. The van der Waals surface area contributed by atoms with Crippen molar-refractivity contribution in [2.45, 2.75) is 50.8 Å². The molecule has 0 spiro atoms. The van der Waals surface area contributed by atoms with E-state index in [1.165, 1.54) is 16.0 Å². The topological polar surface area (TPSA) is 74.8 Å². The highest BCUT2D eigenvalue weighted by Crippen LogP contribution is 2.41. The third-order valence-corrected chi connectivity index (χ3v) is 7.30. The van der Waals surface area contributed by atoms with Gasteiger partial charge in [-0.25, -0.2) is 4.79 Å². The number of rotatable bonds is 6. The molecule has 1 aromatic carbocycles. The Morgan fingerprint density at radius 3 is 2.67 bits per heavy atom. The predicted molar refractivity (Wildman–Crippen MR) is 124 cm³/mol. The number of hydrogen-bond acceptors (Lipinski definition) is 5. The fourth-order valence-electron chi connectivity index (χ4n) is 5.60. The number of pyridine rings is 1. The third kappa shape index (κ3) is 4.27. The molecule has 1 aromatic heterocycles. The van der Waals surface area contributed by atoms with Crippen molar-refractivity contribution in [2.24, 2.45) is 5.92 Å². The lowest BCUT2D eigenvalue weighted by molar-refractivity contribution is -0.135. The molecular weight excluding hydrogens is 416 g/mol. The number of benzene rings is 1. The smallest absolute Gasteiger partial charge is 0.325 e. The summed E-state index contributed by atoms with van der Waals surface area (Å²) in [6.07, 6.45) is 5.12. The lowest BCUT2D eigenvalue weighted by Gasteiger charge is -2.40. The van der Waals surface area contributed by atoms with E-state index >= 15 is 0 Å². The van der Waals surface area contributed by atoms with Crippen molar-refractivity contribution < 1.29 is 14.3 Å². The maximum atomic E-state index is 13.9. The SMILES string of the molecule is Cc1cccc(CN2CCC([C@@]3(c4ccccn4)NC(=O)N(C[C@H]4CCCO4)C3=O)CC2)c1. The number of amides is 3. The summed E-state index contributed by atoms with van der Waals surface area (Å²) < 4.78 is 5.71. The second-order valence-electron chi connectivity index (χ2n) is 9.54. The van der Waals surface area contributed by atoms with E-state index in [1.54, 1.807) is 6.20 Å². The number of carbonyl (C=O) groups is 2. The van der Waals surface area contributed by atoms with Crippen molar-refractivity contribution in [3.8, 4) is 0 Å². The molecule has 2 atom stereocenters. The van der Waals surface area contributed by atoms with Crippen molar-refractivity contribution in [1.82, 2.24) is 20.1 Å². The van der Waals surface area contributed by atoms with Crippen LogP contribution in [0, 0.1) is 12.8 Å². The molecule has 0 bridgehead atoms. The van der Waals surface area contributed by atoms with E-state index in [0.717, 1.165) is 45.3 Å². The van der Waals surface area contributed by atoms with Crippen LogP contribution in [-0.2, 0) is 21.6 Å². The first-order valence-electron chi connectivity index (χ1n) is 12.0. The number of aryl methyl sites for hydroxylation is 1. The maximum Gasteiger partial charge on any atom is 0.325 e. The Bertz CT molecular complexity index is 1000. The first kappa shape index (κ1) is 22.0. The van der Waals surface area contributed by atoms with Crippen LogP contribution in [0.3, 0.4) is 0 Å². The molecule has 3 amide bonds. The molecule has 7 heteroatoms. The summed E-state index contributed by atoms with van der Waals surface area (Å²) in [4.78, 5) is 35.3. The van der Waals surface area contributed by atoms with Gasteiger partial charge in [-0.2, -0.15) is 0 Å². The minimum Gasteiger partial charge on any atom is -0.376 e. The third-order valence-electron chi connectivity index (χ3n) is 7.30. The van der Waals surface area contributed by atoms with E-state index in [0.29, 0.717) is 18.8 Å². The van der Waals surface area contributed by atoms with Crippen LogP contribution < -0.4 is 5.32 Å². The fraction of sp³-hybridized carbons (Fsp3) is 0.500. The number of aromatic nitrogens is 1. The van der Waals surface area contributed by atoms with Gasteiger partial charge in [-0.1, -0.05) is 35.9 Å². The molecule has 3 fully saturated rings. The van der Waals surface area contributed by atoms with Gasteiger partial charge in [0, 0.05) is 19.3 Å². The van der Waals surface area contributed by atoms with Crippen LogP contribution in [0.1, 0.15) is 42.5 Å². The molecular formula is C26H32N4O3. The Labute approximate surface area is 195 Å². The Balaban J connectivity index is 1.35. The monoisotopic (exact) mass is 448 g/mol. The van der Waals surface area contributed by atoms with Crippen LogP contribution in [0.2, 0.25) is 0 Å². The Kier molecular flexibility index (Phi) is 6.17. The highest BCUT2D eigenvalue weighted by atomic mass is 16.5. The standard InChI is InChI=1S/C26H32N4O3/c1-19-6-4-7-20(16-19)17-29-13-10-21(11-14-29)26(23-9-2-3-12-27-23)24(31)30(25(32)28-26)18-22-8-5-15-33-22/h2-4,6-7,9,12,16,21-22H,5,8,10-11,13-15,17-18H2,1H3,(H,28,32)/t22-,26+/m1/s1. The number of urea groups is 1. The lowest BCUT2D eigenvalue weighted by Crippen LogP contribution is -2.54. The van der Waals surface area contributed by atoms with Crippen LogP contribution in [0.15, 0.2) is 48.7 Å². The number of ether oxygens (including phenoxy) is 1. The first-order chi connectivity index (χ1) is 16.1. The van der Waals surface area contributed by atoms with E-state index in [2.05, 4.69) is 46.4 Å². The van der Waals surface area contributed by atoms with E-state index in [4.69, 9.17) is 4.74 Å². The highest BCUT2D eigenvalue weighted by molar-refractivity contribution is 6.07. The second-order valence-corrected chi connectivity index (χ2v) is 9.54. The van der Waals surface area contributed by atoms with E-state index in [9.17, 15) is 9.59 Å². The number of carbonyl (C=O) groups excluding carboxylic acids is 2. The summed E-state index contributed by atoms with van der Waals surface area (Å²) in [5.74, 6) is -0.189. The number of likely N-dealkylation sites (tertiary alicyclic amines) is 1. The average molecular weight is 449 g/mol. The number of hydrogen-bond donors (Lipinski definition) is 1. The van der Waals surface area contributed by atoms with E-state index in [1.807, 2.05) is 18.2 Å². The molecule has 4 heterocycles. The second kappa shape index (κ2) is 9.23. The molecule has 2 aromatic rings. The zero-order chi connectivity index (χ0) is 22.8. The van der Waals surface area contributed by atoms with Gasteiger partial charge in [0.2, 0.25) is 0 Å². The van der Waals surface area contributed by atoms with E-state index < -0.39 is 5.54 Å². The van der Waals surface area contributed by atoms with Gasteiger partial charge in [-0.15, -0.1) is 0 Å². The van der Waals surface area contributed by atoms with Crippen LogP contribution in [0.4, 0.5) is 4.79 Å².